The predicted molar refractivity (Wildman–Crippen MR) is 167 cm³/mol. The molecule has 1 aromatic rings. The van der Waals surface area contributed by atoms with E-state index in [-0.39, 0.29) is 11.9 Å². The zero-order chi connectivity index (χ0) is 29.3. The molecule has 0 N–H and O–H groups in total. The van der Waals surface area contributed by atoms with E-state index in [9.17, 15) is 9.59 Å². The largest absolute Gasteiger partial charge is 0.462 e. The molecule has 0 amide bonds. The van der Waals surface area contributed by atoms with Crippen molar-refractivity contribution in [3.8, 4) is 0 Å². The maximum Gasteiger partial charge on any atom is 0.338 e. The molecule has 1 rings (SSSR count). The van der Waals surface area contributed by atoms with E-state index in [2.05, 4.69) is 37.5 Å². The summed E-state index contributed by atoms with van der Waals surface area (Å²) in [6.45, 7) is 16.2. The Balaban J connectivity index is 2.25. The summed E-state index contributed by atoms with van der Waals surface area (Å²) in [7, 11) is 0. The van der Waals surface area contributed by atoms with Crippen molar-refractivity contribution in [1.82, 2.24) is 9.80 Å². The second-order valence-corrected chi connectivity index (χ2v) is 11.0. The van der Waals surface area contributed by atoms with Crippen LogP contribution >= 0.6 is 0 Å². The SMILES string of the molecule is CCCCCCCN(CC)CCCCOC(=O)c1cccc(C(=O)OCCCCN(CC)CCCCCCC)c1. The average Bonchev–Trinajstić information content (AvgIpc) is 2.98. The molecule has 0 saturated heterocycles. The molecule has 6 nitrogen and oxygen atoms in total. The van der Waals surface area contributed by atoms with E-state index in [1.54, 1.807) is 24.3 Å². The average molecular weight is 561 g/mol. The molecule has 0 saturated carbocycles. The number of hydrogen-bond acceptors (Lipinski definition) is 6. The Labute approximate surface area is 246 Å². The van der Waals surface area contributed by atoms with Gasteiger partial charge in [-0.05, 0) is 96.0 Å². The van der Waals surface area contributed by atoms with Crippen molar-refractivity contribution >= 4 is 11.9 Å². The van der Waals surface area contributed by atoms with Gasteiger partial charge in [0.2, 0.25) is 0 Å². The summed E-state index contributed by atoms with van der Waals surface area (Å²) in [4.78, 5) is 30.0. The molecule has 0 aliphatic carbocycles. The van der Waals surface area contributed by atoms with Gasteiger partial charge < -0.3 is 19.3 Å². The van der Waals surface area contributed by atoms with Crippen LogP contribution in [0.2, 0.25) is 0 Å². The summed E-state index contributed by atoms with van der Waals surface area (Å²) in [5.41, 5.74) is 0.795. The van der Waals surface area contributed by atoms with E-state index in [1.165, 1.54) is 64.2 Å². The third-order valence-corrected chi connectivity index (χ3v) is 7.59. The predicted octanol–water partition coefficient (Wildman–Crippen LogP) is 8.15. The number of ether oxygens (including phenoxy) is 2. The van der Waals surface area contributed by atoms with E-state index in [0.717, 1.165) is 65.0 Å². The zero-order valence-corrected chi connectivity index (χ0v) is 26.4. The number of hydrogen-bond donors (Lipinski definition) is 0. The molecule has 6 heteroatoms. The normalized spacial score (nSPS) is 11.3. The molecule has 0 aliphatic rings. The van der Waals surface area contributed by atoms with E-state index in [1.807, 2.05) is 0 Å². The third-order valence-electron chi connectivity index (χ3n) is 7.59. The number of esters is 2. The van der Waals surface area contributed by atoms with Crippen molar-refractivity contribution in [3.63, 3.8) is 0 Å². The number of rotatable bonds is 26. The van der Waals surface area contributed by atoms with Crippen molar-refractivity contribution in [3.05, 3.63) is 35.4 Å². The molecule has 230 valence electrons. The van der Waals surface area contributed by atoms with Crippen molar-refractivity contribution < 1.29 is 19.1 Å². The van der Waals surface area contributed by atoms with Gasteiger partial charge in [0.05, 0.1) is 24.3 Å². The molecule has 0 aliphatic heterocycles. The van der Waals surface area contributed by atoms with Crippen molar-refractivity contribution in [1.29, 1.82) is 0 Å². The maximum atomic E-state index is 12.5. The summed E-state index contributed by atoms with van der Waals surface area (Å²) in [5, 5.41) is 0. The van der Waals surface area contributed by atoms with E-state index < -0.39 is 0 Å². The molecule has 0 heterocycles. The number of benzene rings is 1. The Kier molecular flexibility index (Phi) is 22.4. The Morgan fingerprint density at radius 3 is 1.30 bits per heavy atom. The smallest absolute Gasteiger partial charge is 0.338 e. The van der Waals surface area contributed by atoms with Crippen LogP contribution in [-0.2, 0) is 9.47 Å². The summed E-state index contributed by atoms with van der Waals surface area (Å²) < 4.78 is 11.0. The summed E-state index contributed by atoms with van der Waals surface area (Å²) in [6, 6.07) is 6.68. The lowest BCUT2D eigenvalue weighted by Gasteiger charge is -2.20. The van der Waals surface area contributed by atoms with Crippen LogP contribution in [0.1, 0.15) is 138 Å². The molecule has 1 aromatic carbocycles. The molecule has 40 heavy (non-hydrogen) atoms. The molecular weight excluding hydrogens is 500 g/mol. The maximum absolute atomic E-state index is 12.5. The van der Waals surface area contributed by atoms with Crippen LogP contribution in [0.15, 0.2) is 24.3 Å². The monoisotopic (exact) mass is 560 g/mol. The standard InChI is InChI=1S/C34H60N2O4/c1-5-9-11-13-15-24-35(7-3)26-17-19-28-39-33(37)31-22-21-23-32(30-31)34(38)40-29-20-18-27-36(8-4)25-16-14-12-10-6-2/h21-23,30H,5-20,24-29H2,1-4H3. The summed E-state index contributed by atoms with van der Waals surface area (Å²) in [6.07, 6.45) is 16.7. The lowest BCUT2D eigenvalue weighted by Crippen LogP contribution is -2.26. The van der Waals surface area contributed by atoms with Crippen LogP contribution in [0.5, 0.6) is 0 Å². The van der Waals surface area contributed by atoms with Gasteiger partial charge in [0, 0.05) is 0 Å². The van der Waals surface area contributed by atoms with Crippen molar-refractivity contribution in [2.45, 2.75) is 118 Å². The highest BCUT2D eigenvalue weighted by atomic mass is 16.5. The molecule has 0 spiro atoms. The first-order chi connectivity index (χ1) is 19.5. The van der Waals surface area contributed by atoms with Gasteiger partial charge in [0.15, 0.2) is 0 Å². The highest BCUT2D eigenvalue weighted by molar-refractivity contribution is 5.95. The Morgan fingerprint density at radius 1 is 0.550 bits per heavy atom. The van der Waals surface area contributed by atoms with Crippen LogP contribution in [0.4, 0.5) is 0 Å². The summed E-state index contributed by atoms with van der Waals surface area (Å²) in [5.74, 6) is -0.764. The number of nitrogens with zero attached hydrogens (tertiary/aromatic N) is 2. The Morgan fingerprint density at radius 2 is 0.925 bits per heavy atom. The molecule has 0 aromatic heterocycles. The van der Waals surface area contributed by atoms with Crippen LogP contribution in [0.25, 0.3) is 0 Å². The highest BCUT2D eigenvalue weighted by Gasteiger charge is 2.13. The van der Waals surface area contributed by atoms with E-state index >= 15 is 0 Å². The fourth-order valence-corrected chi connectivity index (χ4v) is 4.88. The molecule has 0 atom stereocenters. The lowest BCUT2D eigenvalue weighted by molar-refractivity contribution is 0.0493. The van der Waals surface area contributed by atoms with Gasteiger partial charge in [-0.25, -0.2) is 9.59 Å². The Hall–Kier alpha value is -1.92. The zero-order valence-electron chi connectivity index (χ0n) is 26.4. The van der Waals surface area contributed by atoms with Gasteiger partial charge in [0.1, 0.15) is 0 Å². The van der Waals surface area contributed by atoms with Gasteiger partial charge in [-0.3, -0.25) is 0 Å². The molecule has 0 radical (unpaired) electrons. The first kappa shape index (κ1) is 36.1. The fourth-order valence-electron chi connectivity index (χ4n) is 4.88. The number of carbonyl (C=O) groups excluding carboxylic acids is 2. The van der Waals surface area contributed by atoms with Crippen molar-refractivity contribution in [2.24, 2.45) is 0 Å². The van der Waals surface area contributed by atoms with Crippen molar-refractivity contribution in [2.75, 3.05) is 52.5 Å². The lowest BCUT2D eigenvalue weighted by atomic mass is 10.1. The second kappa shape index (κ2) is 24.8. The van der Waals surface area contributed by atoms with Crippen LogP contribution in [-0.4, -0.2) is 74.2 Å². The second-order valence-electron chi connectivity index (χ2n) is 11.0. The number of unbranched alkanes of at least 4 members (excludes halogenated alkanes) is 10. The molecule has 0 unspecified atom stereocenters. The Bertz CT molecular complexity index is 711. The molecule has 0 bridgehead atoms. The van der Waals surface area contributed by atoms with Gasteiger partial charge in [-0.15, -0.1) is 0 Å². The van der Waals surface area contributed by atoms with Gasteiger partial charge >= 0.3 is 11.9 Å². The minimum Gasteiger partial charge on any atom is -0.462 e. The van der Waals surface area contributed by atoms with Gasteiger partial charge in [0.25, 0.3) is 0 Å². The summed E-state index contributed by atoms with van der Waals surface area (Å²) >= 11 is 0. The quantitative estimate of drug-likeness (QED) is 0.0842. The van der Waals surface area contributed by atoms with Crippen LogP contribution in [0.3, 0.4) is 0 Å². The van der Waals surface area contributed by atoms with E-state index in [0.29, 0.717) is 24.3 Å². The highest BCUT2D eigenvalue weighted by Crippen LogP contribution is 2.11. The third kappa shape index (κ3) is 17.7. The minimum atomic E-state index is -0.382. The molecule has 0 fully saturated rings. The fraction of sp³-hybridized carbons (Fsp3) is 0.765. The van der Waals surface area contributed by atoms with Gasteiger partial charge in [-0.1, -0.05) is 85.1 Å². The van der Waals surface area contributed by atoms with E-state index in [4.69, 9.17) is 9.47 Å². The van der Waals surface area contributed by atoms with Gasteiger partial charge in [-0.2, -0.15) is 0 Å². The number of carbonyl (C=O) groups is 2. The van der Waals surface area contributed by atoms with Crippen LogP contribution < -0.4 is 0 Å². The first-order valence-electron chi connectivity index (χ1n) is 16.4. The van der Waals surface area contributed by atoms with Crippen LogP contribution in [0, 0.1) is 0 Å². The minimum absolute atomic E-state index is 0.382. The first-order valence-corrected chi connectivity index (χ1v) is 16.4. The topological polar surface area (TPSA) is 59.1 Å². The molecular formula is C34H60N2O4.